The molecule has 0 spiro atoms. The lowest BCUT2D eigenvalue weighted by atomic mass is 9.78. The average Bonchev–Trinajstić information content (AvgIpc) is 2.44. The Kier molecular flexibility index (Phi) is 6.50. The maximum atomic E-state index is 12.1. The number of rotatable bonds is 6. The molecule has 3 heteroatoms. The van der Waals surface area contributed by atoms with Gasteiger partial charge in [0.15, 0.2) is 0 Å². The molecular weight excluding hydrogens is 250 g/mol. The molecule has 1 saturated heterocycles. The summed E-state index contributed by atoms with van der Waals surface area (Å²) in [7, 11) is 2.19. The first kappa shape index (κ1) is 16.0. The van der Waals surface area contributed by atoms with Crippen molar-refractivity contribution in [3.05, 3.63) is 0 Å². The Morgan fingerprint density at radius 2 is 1.90 bits per heavy atom. The van der Waals surface area contributed by atoms with Gasteiger partial charge in [0.1, 0.15) is 5.78 Å². The van der Waals surface area contributed by atoms with Crippen molar-refractivity contribution in [2.45, 2.75) is 51.9 Å². The Balaban J connectivity index is 1.76. The van der Waals surface area contributed by atoms with E-state index < -0.39 is 0 Å². The summed E-state index contributed by atoms with van der Waals surface area (Å²) in [4.78, 5) is 14.5. The standard InChI is InChI=1S/C17H31NO2/c1-3-4-14-5-6-17(19)16(11-14)13-18(2)12-15-7-9-20-10-8-15/h14-16H,3-13H2,1-2H3. The third kappa shape index (κ3) is 4.85. The van der Waals surface area contributed by atoms with Crippen LogP contribution in [0.3, 0.4) is 0 Å². The van der Waals surface area contributed by atoms with Crippen LogP contribution in [-0.4, -0.2) is 44.0 Å². The minimum absolute atomic E-state index is 0.296. The van der Waals surface area contributed by atoms with Crippen molar-refractivity contribution in [1.29, 1.82) is 0 Å². The average molecular weight is 281 g/mol. The molecule has 0 aromatic heterocycles. The van der Waals surface area contributed by atoms with Gasteiger partial charge in [0, 0.05) is 38.6 Å². The van der Waals surface area contributed by atoms with Crippen LogP contribution in [0, 0.1) is 17.8 Å². The summed E-state index contributed by atoms with van der Waals surface area (Å²) in [5.41, 5.74) is 0. The fourth-order valence-corrected chi connectivity index (χ4v) is 3.87. The van der Waals surface area contributed by atoms with E-state index in [9.17, 15) is 4.79 Å². The third-order valence-electron chi connectivity index (χ3n) is 5.01. The Bertz CT molecular complexity index is 299. The molecule has 2 unspecified atom stereocenters. The molecule has 3 nitrogen and oxygen atoms in total. The number of hydrogen-bond donors (Lipinski definition) is 0. The summed E-state index contributed by atoms with van der Waals surface area (Å²) in [6.07, 6.45) is 8.00. The highest BCUT2D eigenvalue weighted by Crippen LogP contribution is 2.30. The summed E-state index contributed by atoms with van der Waals surface area (Å²) in [5, 5.41) is 0. The zero-order valence-electron chi connectivity index (χ0n) is 13.3. The van der Waals surface area contributed by atoms with Gasteiger partial charge in [0.2, 0.25) is 0 Å². The van der Waals surface area contributed by atoms with Crippen molar-refractivity contribution < 1.29 is 9.53 Å². The van der Waals surface area contributed by atoms with Gasteiger partial charge in [-0.05, 0) is 44.6 Å². The molecule has 2 atom stereocenters. The van der Waals surface area contributed by atoms with Crippen molar-refractivity contribution >= 4 is 5.78 Å². The Morgan fingerprint density at radius 3 is 2.60 bits per heavy atom. The van der Waals surface area contributed by atoms with Crippen molar-refractivity contribution in [2.24, 2.45) is 17.8 Å². The molecule has 0 amide bonds. The molecule has 2 aliphatic rings. The summed E-state index contributed by atoms with van der Waals surface area (Å²) < 4.78 is 5.42. The Morgan fingerprint density at radius 1 is 1.15 bits per heavy atom. The number of Topliss-reactive ketones (excluding diaryl/α,β-unsaturated/α-hetero) is 1. The van der Waals surface area contributed by atoms with Crippen LogP contribution in [-0.2, 0) is 9.53 Å². The fraction of sp³-hybridized carbons (Fsp3) is 0.941. The zero-order valence-corrected chi connectivity index (χ0v) is 13.3. The summed E-state index contributed by atoms with van der Waals surface area (Å²) in [6.45, 7) is 6.18. The van der Waals surface area contributed by atoms with Gasteiger partial charge >= 0.3 is 0 Å². The van der Waals surface area contributed by atoms with Crippen molar-refractivity contribution in [3.63, 3.8) is 0 Å². The van der Waals surface area contributed by atoms with E-state index in [0.717, 1.165) is 57.4 Å². The second-order valence-electron chi connectivity index (χ2n) is 6.87. The van der Waals surface area contributed by atoms with Gasteiger partial charge in [-0.2, -0.15) is 0 Å². The van der Waals surface area contributed by atoms with E-state index in [1.165, 1.54) is 25.7 Å². The molecule has 1 heterocycles. The van der Waals surface area contributed by atoms with Crippen LogP contribution in [0.2, 0.25) is 0 Å². The number of carbonyl (C=O) groups is 1. The molecule has 1 aliphatic carbocycles. The van der Waals surface area contributed by atoms with Gasteiger partial charge in [-0.15, -0.1) is 0 Å². The van der Waals surface area contributed by atoms with Crippen LogP contribution < -0.4 is 0 Å². The molecular formula is C17H31NO2. The molecule has 20 heavy (non-hydrogen) atoms. The van der Waals surface area contributed by atoms with Crippen molar-refractivity contribution in [1.82, 2.24) is 4.90 Å². The predicted octanol–water partition coefficient (Wildman–Crippen LogP) is 3.13. The number of carbonyl (C=O) groups excluding carboxylic acids is 1. The van der Waals surface area contributed by atoms with Gasteiger partial charge < -0.3 is 9.64 Å². The molecule has 0 N–H and O–H groups in total. The van der Waals surface area contributed by atoms with E-state index in [1.807, 2.05) is 0 Å². The fourth-order valence-electron chi connectivity index (χ4n) is 3.87. The van der Waals surface area contributed by atoms with Gasteiger partial charge in [-0.3, -0.25) is 4.79 Å². The SMILES string of the molecule is CCCC1CCC(=O)C(CN(C)CC2CCOCC2)C1. The largest absolute Gasteiger partial charge is 0.381 e. The van der Waals surface area contributed by atoms with Gasteiger partial charge in [-0.25, -0.2) is 0 Å². The first-order valence-electron chi connectivity index (χ1n) is 8.48. The highest BCUT2D eigenvalue weighted by molar-refractivity contribution is 5.81. The molecule has 2 rings (SSSR count). The third-order valence-corrected chi connectivity index (χ3v) is 5.01. The van der Waals surface area contributed by atoms with E-state index in [4.69, 9.17) is 4.74 Å². The smallest absolute Gasteiger partial charge is 0.137 e. The maximum Gasteiger partial charge on any atom is 0.137 e. The number of ether oxygens (including phenoxy) is 1. The molecule has 1 aliphatic heterocycles. The predicted molar refractivity (Wildman–Crippen MR) is 81.8 cm³/mol. The maximum absolute atomic E-state index is 12.1. The minimum atomic E-state index is 0.296. The molecule has 2 fully saturated rings. The van der Waals surface area contributed by atoms with Gasteiger partial charge in [0.25, 0.3) is 0 Å². The summed E-state index contributed by atoms with van der Waals surface area (Å²) >= 11 is 0. The second kappa shape index (κ2) is 8.14. The molecule has 0 aromatic rings. The normalized spacial score (nSPS) is 29.1. The quantitative estimate of drug-likeness (QED) is 0.749. The van der Waals surface area contributed by atoms with Crippen LogP contribution in [0.4, 0.5) is 0 Å². The first-order valence-corrected chi connectivity index (χ1v) is 8.48. The van der Waals surface area contributed by atoms with Crippen LogP contribution in [0.1, 0.15) is 51.9 Å². The van der Waals surface area contributed by atoms with Crippen LogP contribution >= 0.6 is 0 Å². The number of hydrogen-bond acceptors (Lipinski definition) is 3. The van der Waals surface area contributed by atoms with E-state index in [-0.39, 0.29) is 0 Å². The lowest BCUT2D eigenvalue weighted by Gasteiger charge is -2.33. The molecule has 0 aromatic carbocycles. The Labute approximate surface area is 124 Å². The molecule has 0 bridgehead atoms. The van der Waals surface area contributed by atoms with Gasteiger partial charge in [0.05, 0.1) is 0 Å². The Hall–Kier alpha value is -0.410. The molecule has 116 valence electrons. The summed E-state index contributed by atoms with van der Waals surface area (Å²) in [6, 6.07) is 0. The minimum Gasteiger partial charge on any atom is -0.381 e. The van der Waals surface area contributed by atoms with Crippen molar-refractivity contribution in [2.75, 3.05) is 33.4 Å². The monoisotopic (exact) mass is 281 g/mol. The molecule has 1 saturated carbocycles. The summed E-state index contributed by atoms with van der Waals surface area (Å²) in [5.74, 6) is 2.36. The van der Waals surface area contributed by atoms with E-state index in [1.54, 1.807) is 0 Å². The van der Waals surface area contributed by atoms with Gasteiger partial charge in [-0.1, -0.05) is 19.8 Å². The lowest BCUT2D eigenvalue weighted by molar-refractivity contribution is -0.126. The number of nitrogens with zero attached hydrogens (tertiary/aromatic N) is 1. The van der Waals surface area contributed by atoms with E-state index in [0.29, 0.717) is 11.7 Å². The van der Waals surface area contributed by atoms with Crippen LogP contribution in [0.5, 0.6) is 0 Å². The molecule has 0 radical (unpaired) electrons. The lowest BCUT2D eigenvalue weighted by Crippen LogP contribution is -2.37. The second-order valence-corrected chi connectivity index (χ2v) is 6.87. The topological polar surface area (TPSA) is 29.5 Å². The van der Waals surface area contributed by atoms with E-state index in [2.05, 4.69) is 18.9 Å². The highest BCUT2D eigenvalue weighted by atomic mass is 16.5. The number of ketones is 1. The highest BCUT2D eigenvalue weighted by Gasteiger charge is 2.29. The zero-order chi connectivity index (χ0) is 14.4. The van der Waals surface area contributed by atoms with E-state index >= 15 is 0 Å². The van der Waals surface area contributed by atoms with Crippen LogP contribution in [0.25, 0.3) is 0 Å². The van der Waals surface area contributed by atoms with Crippen molar-refractivity contribution in [3.8, 4) is 0 Å². The first-order chi connectivity index (χ1) is 9.69. The van der Waals surface area contributed by atoms with Crippen LogP contribution in [0.15, 0.2) is 0 Å².